The zero-order valence-corrected chi connectivity index (χ0v) is 9.41. The third-order valence-electron chi connectivity index (χ3n) is 2.33. The number of nitrogens with zero attached hydrogens (tertiary/aromatic N) is 3. The number of hydrogen-bond donors (Lipinski definition) is 2. The average Bonchev–Trinajstić information content (AvgIpc) is 2.38. The van der Waals surface area contributed by atoms with Crippen LogP contribution >= 0.6 is 0 Å². The highest BCUT2D eigenvalue weighted by molar-refractivity contribution is 5.55. The number of nitrogen functional groups attached to an aromatic ring is 1. The van der Waals surface area contributed by atoms with Crippen LogP contribution in [0.5, 0.6) is 0 Å². The molecule has 0 radical (unpaired) electrons. The first-order valence-corrected chi connectivity index (χ1v) is 5.20. The predicted octanol–water partition coefficient (Wildman–Crippen LogP) is 1.58. The smallest absolute Gasteiger partial charge is 0.269 e. The van der Waals surface area contributed by atoms with Gasteiger partial charge in [-0.1, -0.05) is 12.1 Å². The summed E-state index contributed by atoms with van der Waals surface area (Å²) in [6.45, 7) is 0.473. The van der Waals surface area contributed by atoms with E-state index in [2.05, 4.69) is 15.3 Å². The van der Waals surface area contributed by atoms with Gasteiger partial charge in [-0.15, -0.1) is 0 Å². The Kier molecular flexibility index (Phi) is 3.33. The molecule has 7 nitrogen and oxygen atoms in total. The second kappa shape index (κ2) is 5.09. The maximum Gasteiger partial charge on any atom is 0.269 e. The number of rotatable bonds is 4. The lowest BCUT2D eigenvalue weighted by atomic mass is 10.2. The van der Waals surface area contributed by atoms with Gasteiger partial charge in [0.05, 0.1) is 4.92 Å². The van der Waals surface area contributed by atoms with Gasteiger partial charge in [-0.05, 0) is 5.56 Å². The van der Waals surface area contributed by atoms with Gasteiger partial charge in [0.15, 0.2) is 11.6 Å². The van der Waals surface area contributed by atoms with E-state index in [1.807, 2.05) is 0 Å². The van der Waals surface area contributed by atoms with Crippen molar-refractivity contribution in [1.82, 2.24) is 9.97 Å². The van der Waals surface area contributed by atoms with E-state index in [1.54, 1.807) is 12.1 Å². The molecule has 3 N–H and O–H groups in total. The maximum atomic E-state index is 10.5. The fraction of sp³-hybridized carbons (Fsp3) is 0.0909. The first kappa shape index (κ1) is 11.8. The van der Waals surface area contributed by atoms with Crippen LogP contribution in [0, 0.1) is 10.1 Å². The average molecular weight is 245 g/mol. The van der Waals surface area contributed by atoms with Gasteiger partial charge in [-0.25, -0.2) is 9.97 Å². The third-order valence-corrected chi connectivity index (χ3v) is 2.33. The molecule has 0 aliphatic carbocycles. The van der Waals surface area contributed by atoms with Gasteiger partial charge in [-0.3, -0.25) is 10.1 Å². The molecule has 0 spiro atoms. The van der Waals surface area contributed by atoms with Crippen molar-refractivity contribution in [1.29, 1.82) is 0 Å². The lowest BCUT2D eigenvalue weighted by molar-refractivity contribution is -0.384. The van der Waals surface area contributed by atoms with E-state index >= 15 is 0 Å². The maximum absolute atomic E-state index is 10.5. The van der Waals surface area contributed by atoms with E-state index in [0.29, 0.717) is 18.2 Å². The molecule has 2 rings (SSSR count). The van der Waals surface area contributed by atoms with Gasteiger partial charge < -0.3 is 11.1 Å². The molecule has 0 aliphatic rings. The van der Waals surface area contributed by atoms with Crippen LogP contribution in [0.15, 0.2) is 36.7 Å². The van der Waals surface area contributed by atoms with Crippen LogP contribution in [0.4, 0.5) is 17.3 Å². The normalized spacial score (nSPS) is 10.0. The molecule has 0 fully saturated rings. The monoisotopic (exact) mass is 245 g/mol. The minimum atomic E-state index is -0.433. The second-order valence-electron chi connectivity index (χ2n) is 3.57. The van der Waals surface area contributed by atoms with E-state index in [4.69, 9.17) is 5.73 Å². The topological polar surface area (TPSA) is 107 Å². The summed E-state index contributed by atoms with van der Waals surface area (Å²) >= 11 is 0. The fourth-order valence-corrected chi connectivity index (χ4v) is 1.41. The molecule has 92 valence electrons. The van der Waals surface area contributed by atoms with Gasteiger partial charge in [0.1, 0.15) is 0 Å². The molecular weight excluding hydrogens is 234 g/mol. The summed E-state index contributed by atoms with van der Waals surface area (Å²) in [5.41, 5.74) is 6.58. The van der Waals surface area contributed by atoms with Crippen molar-refractivity contribution >= 4 is 17.3 Å². The van der Waals surface area contributed by atoms with Crippen molar-refractivity contribution in [2.45, 2.75) is 6.54 Å². The Balaban J connectivity index is 2.02. The Hall–Kier alpha value is -2.70. The Morgan fingerprint density at radius 3 is 2.50 bits per heavy atom. The SMILES string of the molecule is Nc1nccnc1NCc1ccc([N+](=O)[O-])cc1. The number of non-ortho nitro benzene ring substituents is 1. The molecule has 1 aromatic carbocycles. The van der Waals surface area contributed by atoms with E-state index in [1.165, 1.54) is 24.5 Å². The molecule has 7 heteroatoms. The van der Waals surface area contributed by atoms with Crippen molar-refractivity contribution in [3.05, 3.63) is 52.3 Å². The van der Waals surface area contributed by atoms with Gasteiger partial charge in [0.25, 0.3) is 5.69 Å². The molecule has 0 saturated heterocycles. The third kappa shape index (κ3) is 2.70. The van der Waals surface area contributed by atoms with Crippen LogP contribution in [0.1, 0.15) is 5.56 Å². The molecule has 0 aliphatic heterocycles. The lowest BCUT2D eigenvalue weighted by Crippen LogP contribution is -2.05. The Labute approximate surface area is 103 Å². The number of nitrogens with one attached hydrogen (secondary N) is 1. The standard InChI is InChI=1S/C11H11N5O2/c12-10-11(14-6-5-13-10)15-7-8-1-3-9(4-2-8)16(17)18/h1-6H,7H2,(H2,12,13)(H,14,15). The Morgan fingerprint density at radius 2 is 1.89 bits per heavy atom. The zero-order chi connectivity index (χ0) is 13.0. The number of hydrogen-bond acceptors (Lipinski definition) is 6. The van der Waals surface area contributed by atoms with Crippen molar-refractivity contribution < 1.29 is 4.92 Å². The molecule has 2 aromatic rings. The molecule has 0 bridgehead atoms. The van der Waals surface area contributed by atoms with E-state index < -0.39 is 4.92 Å². The molecule has 0 atom stereocenters. The highest BCUT2D eigenvalue weighted by atomic mass is 16.6. The van der Waals surface area contributed by atoms with Crippen LogP contribution in [-0.4, -0.2) is 14.9 Å². The van der Waals surface area contributed by atoms with Crippen LogP contribution in [0.25, 0.3) is 0 Å². The number of anilines is 2. The minimum Gasteiger partial charge on any atom is -0.381 e. The molecule has 1 aromatic heterocycles. The lowest BCUT2D eigenvalue weighted by Gasteiger charge is -2.06. The van der Waals surface area contributed by atoms with E-state index in [-0.39, 0.29) is 5.69 Å². The van der Waals surface area contributed by atoms with E-state index in [0.717, 1.165) is 5.56 Å². The number of benzene rings is 1. The molecule has 1 heterocycles. The van der Waals surface area contributed by atoms with Crippen LogP contribution < -0.4 is 11.1 Å². The summed E-state index contributed by atoms with van der Waals surface area (Å²) in [4.78, 5) is 18.0. The molecule has 0 saturated carbocycles. The zero-order valence-electron chi connectivity index (χ0n) is 9.41. The van der Waals surface area contributed by atoms with Gasteiger partial charge in [-0.2, -0.15) is 0 Å². The highest BCUT2D eigenvalue weighted by Crippen LogP contribution is 2.14. The highest BCUT2D eigenvalue weighted by Gasteiger charge is 2.04. The van der Waals surface area contributed by atoms with Crippen LogP contribution in [0.3, 0.4) is 0 Å². The number of nitrogens with two attached hydrogens (primary N) is 1. The molecule has 0 amide bonds. The summed E-state index contributed by atoms with van der Waals surface area (Å²) in [5, 5.41) is 13.5. The molecular formula is C11H11N5O2. The molecule has 18 heavy (non-hydrogen) atoms. The van der Waals surface area contributed by atoms with Crippen molar-refractivity contribution in [2.24, 2.45) is 0 Å². The van der Waals surface area contributed by atoms with Gasteiger partial charge in [0.2, 0.25) is 0 Å². The quantitative estimate of drug-likeness (QED) is 0.625. The molecule has 0 unspecified atom stereocenters. The fourth-order valence-electron chi connectivity index (χ4n) is 1.41. The summed E-state index contributed by atoms with van der Waals surface area (Å²) in [5.74, 6) is 0.815. The van der Waals surface area contributed by atoms with E-state index in [9.17, 15) is 10.1 Å². The van der Waals surface area contributed by atoms with Gasteiger partial charge >= 0.3 is 0 Å². The summed E-state index contributed by atoms with van der Waals surface area (Å²) in [6.07, 6.45) is 3.04. The predicted molar refractivity (Wildman–Crippen MR) is 66.9 cm³/mol. The van der Waals surface area contributed by atoms with Crippen molar-refractivity contribution in [3.63, 3.8) is 0 Å². The minimum absolute atomic E-state index is 0.0674. The second-order valence-corrected chi connectivity index (χ2v) is 3.57. The largest absolute Gasteiger partial charge is 0.381 e. The summed E-state index contributed by atoms with van der Waals surface area (Å²) in [6, 6.07) is 6.27. The van der Waals surface area contributed by atoms with Gasteiger partial charge in [0, 0.05) is 31.1 Å². The summed E-state index contributed by atoms with van der Waals surface area (Å²) < 4.78 is 0. The van der Waals surface area contributed by atoms with Crippen molar-refractivity contribution in [2.75, 3.05) is 11.1 Å². The number of nitro benzene ring substituents is 1. The first-order chi connectivity index (χ1) is 8.66. The Morgan fingerprint density at radius 1 is 1.22 bits per heavy atom. The Bertz CT molecular complexity index is 556. The first-order valence-electron chi connectivity index (χ1n) is 5.20. The van der Waals surface area contributed by atoms with Crippen molar-refractivity contribution in [3.8, 4) is 0 Å². The number of nitro groups is 1. The summed E-state index contributed by atoms with van der Waals surface area (Å²) in [7, 11) is 0. The number of aromatic nitrogens is 2. The van der Waals surface area contributed by atoms with Crippen LogP contribution in [0.2, 0.25) is 0 Å². The van der Waals surface area contributed by atoms with Crippen LogP contribution in [-0.2, 0) is 6.54 Å².